The van der Waals surface area contributed by atoms with Crippen LogP contribution in [0.2, 0.25) is 0 Å². The van der Waals surface area contributed by atoms with Crippen LogP contribution >= 0.6 is 11.8 Å². The maximum atomic E-state index is 11.5. The average Bonchev–Trinajstić information content (AvgIpc) is 2.69. The quantitative estimate of drug-likeness (QED) is 0.274. The highest BCUT2D eigenvalue weighted by molar-refractivity contribution is 7.98. The van der Waals surface area contributed by atoms with Gasteiger partial charge in [-0.05, 0) is 25.3 Å². The average molecular weight is 381 g/mol. The zero-order chi connectivity index (χ0) is 19.1. The standard InChI is InChI=1S/C20H19N3O3S/c1-3-25-20(24)26-16-11-7-10-15(12-16)21-18-13-17(22-19(23-18)27-2)14-8-5-4-6-9-14/h4-13H,3H2,1-2H3,(H,21,22,23). The molecular formula is C20H19N3O3S. The number of carbonyl (C=O) groups is 1. The van der Waals surface area contributed by atoms with Gasteiger partial charge in [-0.2, -0.15) is 0 Å². The van der Waals surface area contributed by atoms with Crippen LogP contribution < -0.4 is 10.1 Å². The van der Waals surface area contributed by atoms with Crippen molar-refractivity contribution in [3.63, 3.8) is 0 Å². The number of carbonyl (C=O) groups excluding carboxylic acids is 1. The summed E-state index contributed by atoms with van der Waals surface area (Å²) in [6, 6.07) is 18.8. The first-order valence-electron chi connectivity index (χ1n) is 8.38. The molecule has 6 nitrogen and oxygen atoms in total. The third-order valence-electron chi connectivity index (χ3n) is 3.53. The number of thioether (sulfide) groups is 1. The van der Waals surface area contributed by atoms with Crippen LogP contribution in [-0.2, 0) is 4.74 Å². The summed E-state index contributed by atoms with van der Waals surface area (Å²) in [5.74, 6) is 1.04. The molecule has 0 saturated heterocycles. The van der Waals surface area contributed by atoms with E-state index >= 15 is 0 Å². The molecule has 3 aromatic rings. The van der Waals surface area contributed by atoms with Gasteiger partial charge in [0.05, 0.1) is 12.3 Å². The van der Waals surface area contributed by atoms with E-state index < -0.39 is 6.16 Å². The third kappa shape index (κ3) is 5.21. The van der Waals surface area contributed by atoms with Crippen molar-refractivity contribution in [3.05, 3.63) is 60.7 Å². The van der Waals surface area contributed by atoms with Crippen LogP contribution in [0.15, 0.2) is 65.8 Å². The van der Waals surface area contributed by atoms with Gasteiger partial charge in [0.15, 0.2) is 5.16 Å². The Bertz CT molecular complexity index is 919. The fourth-order valence-electron chi connectivity index (χ4n) is 2.37. The van der Waals surface area contributed by atoms with Crippen LogP contribution in [0.3, 0.4) is 0 Å². The van der Waals surface area contributed by atoms with Gasteiger partial charge in [0.1, 0.15) is 11.6 Å². The summed E-state index contributed by atoms with van der Waals surface area (Å²) in [5.41, 5.74) is 2.58. The predicted molar refractivity (Wildman–Crippen MR) is 107 cm³/mol. The van der Waals surface area contributed by atoms with Crippen molar-refractivity contribution in [2.45, 2.75) is 12.1 Å². The van der Waals surface area contributed by atoms with Gasteiger partial charge in [-0.25, -0.2) is 14.8 Å². The van der Waals surface area contributed by atoms with E-state index in [0.29, 0.717) is 16.7 Å². The largest absolute Gasteiger partial charge is 0.513 e. The minimum Gasteiger partial charge on any atom is -0.434 e. The Morgan fingerprint density at radius 1 is 1.07 bits per heavy atom. The molecule has 0 fully saturated rings. The van der Waals surface area contributed by atoms with E-state index in [4.69, 9.17) is 9.47 Å². The van der Waals surface area contributed by atoms with E-state index in [1.807, 2.05) is 48.7 Å². The van der Waals surface area contributed by atoms with Crippen molar-refractivity contribution >= 4 is 29.4 Å². The maximum Gasteiger partial charge on any atom is 0.513 e. The van der Waals surface area contributed by atoms with Crippen molar-refractivity contribution < 1.29 is 14.3 Å². The van der Waals surface area contributed by atoms with Gasteiger partial charge < -0.3 is 14.8 Å². The monoisotopic (exact) mass is 381 g/mol. The molecule has 0 aliphatic rings. The summed E-state index contributed by atoms with van der Waals surface area (Å²) in [5, 5.41) is 3.90. The lowest BCUT2D eigenvalue weighted by Crippen LogP contribution is -2.10. The van der Waals surface area contributed by atoms with E-state index in [0.717, 1.165) is 16.9 Å². The minimum atomic E-state index is -0.729. The summed E-state index contributed by atoms with van der Waals surface area (Å²) >= 11 is 1.47. The van der Waals surface area contributed by atoms with Gasteiger partial charge in [0, 0.05) is 23.4 Å². The van der Waals surface area contributed by atoms with E-state index in [1.54, 1.807) is 25.1 Å². The number of nitrogens with zero attached hydrogens (tertiary/aromatic N) is 2. The summed E-state index contributed by atoms with van der Waals surface area (Å²) in [7, 11) is 0. The van der Waals surface area contributed by atoms with Crippen molar-refractivity contribution in [3.8, 4) is 17.0 Å². The van der Waals surface area contributed by atoms with Crippen LogP contribution in [-0.4, -0.2) is 29.0 Å². The van der Waals surface area contributed by atoms with Crippen LogP contribution in [0.4, 0.5) is 16.3 Å². The molecule has 0 amide bonds. The minimum absolute atomic E-state index is 0.261. The second-order valence-electron chi connectivity index (χ2n) is 5.43. The number of anilines is 2. The molecule has 0 unspecified atom stereocenters. The second kappa shape index (κ2) is 9.05. The normalized spacial score (nSPS) is 10.3. The number of aromatic nitrogens is 2. The van der Waals surface area contributed by atoms with E-state index in [9.17, 15) is 4.79 Å². The smallest absolute Gasteiger partial charge is 0.434 e. The fourth-order valence-corrected chi connectivity index (χ4v) is 2.75. The number of nitrogens with one attached hydrogen (secondary N) is 1. The zero-order valence-corrected chi connectivity index (χ0v) is 15.8. The van der Waals surface area contributed by atoms with Crippen molar-refractivity contribution in [1.29, 1.82) is 0 Å². The lowest BCUT2D eigenvalue weighted by Gasteiger charge is -2.10. The van der Waals surface area contributed by atoms with Gasteiger partial charge in [-0.3, -0.25) is 0 Å². The Hall–Kier alpha value is -3.06. The molecule has 2 aromatic carbocycles. The molecule has 27 heavy (non-hydrogen) atoms. The molecule has 0 radical (unpaired) electrons. The topological polar surface area (TPSA) is 73.3 Å². The first-order valence-corrected chi connectivity index (χ1v) is 9.60. The maximum absolute atomic E-state index is 11.5. The van der Waals surface area contributed by atoms with Gasteiger partial charge in [0.25, 0.3) is 0 Å². The molecule has 1 heterocycles. The summed E-state index contributed by atoms with van der Waals surface area (Å²) in [4.78, 5) is 20.5. The number of hydrogen-bond donors (Lipinski definition) is 1. The molecule has 0 aliphatic heterocycles. The van der Waals surface area contributed by atoms with E-state index in [-0.39, 0.29) is 6.61 Å². The van der Waals surface area contributed by atoms with Gasteiger partial charge in [0.2, 0.25) is 0 Å². The van der Waals surface area contributed by atoms with Gasteiger partial charge in [-0.1, -0.05) is 48.2 Å². The van der Waals surface area contributed by atoms with Crippen molar-refractivity contribution in [2.75, 3.05) is 18.2 Å². The number of benzene rings is 2. The molecule has 0 spiro atoms. The van der Waals surface area contributed by atoms with Gasteiger partial charge in [-0.15, -0.1) is 0 Å². The molecule has 1 aromatic heterocycles. The predicted octanol–water partition coefficient (Wildman–Crippen LogP) is 5.14. The zero-order valence-electron chi connectivity index (χ0n) is 15.0. The molecular weight excluding hydrogens is 362 g/mol. The number of ether oxygens (including phenoxy) is 2. The van der Waals surface area contributed by atoms with Crippen LogP contribution in [0.25, 0.3) is 11.3 Å². The fraction of sp³-hybridized carbons (Fsp3) is 0.150. The van der Waals surface area contributed by atoms with Crippen LogP contribution in [0, 0.1) is 0 Å². The summed E-state index contributed by atoms with van der Waals surface area (Å²) in [6.45, 7) is 1.99. The van der Waals surface area contributed by atoms with Gasteiger partial charge >= 0.3 is 6.16 Å². The third-order valence-corrected chi connectivity index (χ3v) is 4.08. The summed E-state index contributed by atoms with van der Waals surface area (Å²) < 4.78 is 9.93. The molecule has 0 bridgehead atoms. The van der Waals surface area contributed by atoms with Crippen molar-refractivity contribution in [1.82, 2.24) is 9.97 Å². The van der Waals surface area contributed by atoms with Crippen molar-refractivity contribution in [2.24, 2.45) is 0 Å². The molecule has 0 atom stereocenters. The van der Waals surface area contributed by atoms with Crippen LogP contribution in [0.1, 0.15) is 6.92 Å². The Balaban J connectivity index is 1.84. The lowest BCUT2D eigenvalue weighted by atomic mass is 10.1. The number of rotatable bonds is 6. The first kappa shape index (κ1) is 18.7. The summed E-state index contributed by atoms with van der Waals surface area (Å²) in [6.07, 6.45) is 1.20. The van der Waals surface area contributed by atoms with Crippen LogP contribution in [0.5, 0.6) is 5.75 Å². The molecule has 0 aliphatic carbocycles. The number of hydrogen-bond acceptors (Lipinski definition) is 7. The molecule has 3 rings (SSSR count). The molecule has 1 N–H and O–H groups in total. The Labute approximate surface area is 162 Å². The van der Waals surface area contributed by atoms with E-state index in [2.05, 4.69) is 15.3 Å². The lowest BCUT2D eigenvalue weighted by molar-refractivity contribution is 0.104. The second-order valence-corrected chi connectivity index (χ2v) is 6.20. The SMILES string of the molecule is CCOC(=O)Oc1cccc(Nc2cc(-c3ccccc3)nc(SC)n2)c1. The highest BCUT2D eigenvalue weighted by Crippen LogP contribution is 2.26. The first-order chi connectivity index (χ1) is 13.2. The Morgan fingerprint density at radius 2 is 1.89 bits per heavy atom. The highest BCUT2D eigenvalue weighted by Gasteiger charge is 2.09. The molecule has 138 valence electrons. The Kier molecular flexibility index (Phi) is 6.27. The molecule has 7 heteroatoms. The highest BCUT2D eigenvalue weighted by atomic mass is 32.2. The molecule has 0 saturated carbocycles. The van der Waals surface area contributed by atoms with E-state index in [1.165, 1.54) is 11.8 Å². The Morgan fingerprint density at radius 3 is 2.63 bits per heavy atom.